The van der Waals surface area contributed by atoms with Crippen LogP contribution in [-0.4, -0.2) is 24.8 Å². The number of thiophene rings is 1. The molecule has 2 rings (SSSR count). The average molecular weight is 382 g/mol. The van der Waals surface area contributed by atoms with Crippen LogP contribution in [-0.2, 0) is 16.6 Å². The molecule has 0 radical (unpaired) electrons. The molecule has 0 atom stereocenters. The monoisotopic (exact) mass is 381 g/mol. The number of anilines is 1. The number of thiazole rings is 1. The summed E-state index contributed by atoms with van der Waals surface area (Å²) in [4.78, 5) is 3.96. The van der Waals surface area contributed by atoms with Crippen molar-refractivity contribution in [2.24, 2.45) is 0 Å². The predicted octanol–water partition coefficient (Wildman–Crippen LogP) is 2.68. The van der Waals surface area contributed by atoms with Crippen molar-refractivity contribution in [3.8, 4) is 0 Å². The summed E-state index contributed by atoms with van der Waals surface area (Å²) in [6, 6.07) is 1.91. The van der Waals surface area contributed by atoms with Gasteiger partial charge in [-0.25, -0.2) is 13.4 Å². The topological polar surface area (TPSA) is 76.3 Å². The van der Waals surface area contributed by atoms with Crippen molar-refractivity contribution in [3.05, 3.63) is 26.5 Å². The molecular formula is C10H12BrN3O2S3. The van der Waals surface area contributed by atoms with Gasteiger partial charge in [-0.2, -0.15) is 4.31 Å². The van der Waals surface area contributed by atoms with E-state index in [4.69, 9.17) is 5.73 Å². The molecule has 0 aliphatic carbocycles. The van der Waals surface area contributed by atoms with E-state index >= 15 is 0 Å². The lowest BCUT2D eigenvalue weighted by atomic mass is 10.3. The highest BCUT2D eigenvalue weighted by molar-refractivity contribution is 9.11. The lowest BCUT2D eigenvalue weighted by Gasteiger charge is -2.15. The lowest BCUT2D eigenvalue weighted by Crippen LogP contribution is -2.26. The van der Waals surface area contributed by atoms with E-state index in [1.165, 1.54) is 15.6 Å². The average Bonchev–Trinajstić information content (AvgIpc) is 2.85. The Balaban J connectivity index is 2.27. The van der Waals surface area contributed by atoms with E-state index in [2.05, 4.69) is 20.9 Å². The van der Waals surface area contributed by atoms with Gasteiger partial charge in [0.1, 0.15) is 0 Å². The molecule has 0 spiro atoms. The minimum Gasteiger partial charge on any atom is -0.375 e. The molecule has 2 aromatic heterocycles. The number of aryl methyl sites for hydroxylation is 1. The molecule has 2 heterocycles. The Hall–Kier alpha value is -0.480. The molecule has 9 heteroatoms. The van der Waals surface area contributed by atoms with E-state index in [1.54, 1.807) is 14.0 Å². The molecule has 104 valence electrons. The SMILES string of the molecule is Cc1nc(N)sc1S(=O)(=O)N(C)Cc1csc(Br)c1. The van der Waals surface area contributed by atoms with Crippen LogP contribution in [0.25, 0.3) is 0 Å². The van der Waals surface area contributed by atoms with Gasteiger partial charge in [0.15, 0.2) is 9.34 Å². The van der Waals surface area contributed by atoms with Gasteiger partial charge in [0, 0.05) is 13.6 Å². The molecule has 0 aromatic carbocycles. The molecule has 0 aliphatic heterocycles. The van der Waals surface area contributed by atoms with Crippen LogP contribution in [0.1, 0.15) is 11.3 Å². The zero-order valence-electron chi connectivity index (χ0n) is 10.3. The van der Waals surface area contributed by atoms with Crippen LogP contribution in [0.3, 0.4) is 0 Å². The molecule has 0 saturated heterocycles. The molecule has 0 amide bonds. The lowest BCUT2D eigenvalue weighted by molar-refractivity contribution is 0.468. The van der Waals surface area contributed by atoms with Gasteiger partial charge in [0.2, 0.25) is 0 Å². The fraction of sp³-hybridized carbons (Fsp3) is 0.300. The highest BCUT2D eigenvalue weighted by atomic mass is 79.9. The maximum absolute atomic E-state index is 12.4. The number of hydrogen-bond donors (Lipinski definition) is 1. The van der Waals surface area contributed by atoms with E-state index in [9.17, 15) is 8.42 Å². The molecule has 0 aliphatic rings. The summed E-state index contributed by atoms with van der Waals surface area (Å²) in [5.74, 6) is 0. The minimum absolute atomic E-state index is 0.210. The van der Waals surface area contributed by atoms with Crippen LogP contribution in [0.5, 0.6) is 0 Å². The molecule has 0 saturated carbocycles. The number of aromatic nitrogens is 1. The van der Waals surface area contributed by atoms with E-state index in [0.717, 1.165) is 20.7 Å². The van der Waals surface area contributed by atoms with Crippen LogP contribution >= 0.6 is 38.6 Å². The highest BCUT2D eigenvalue weighted by Gasteiger charge is 2.26. The Kier molecular flexibility index (Phi) is 4.31. The smallest absolute Gasteiger partial charge is 0.254 e. The third-order valence-electron chi connectivity index (χ3n) is 2.44. The standard InChI is InChI=1S/C10H12BrN3O2S3/c1-6-9(18-10(12)13-6)19(15,16)14(2)4-7-3-8(11)17-5-7/h3,5H,4H2,1-2H3,(H2,12,13). The van der Waals surface area contributed by atoms with Gasteiger partial charge >= 0.3 is 0 Å². The van der Waals surface area contributed by atoms with Crippen LogP contribution in [0.4, 0.5) is 5.13 Å². The van der Waals surface area contributed by atoms with Crippen molar-refractivity contribution in [1.29, 1.82) is 0 Å². The summed E-state index contributed by atoms with van der Waals surface area (Å²) in [6.07, 6.45) is 0. The van der Waals surface area contributed by atoms with Crippen molar-refractivity contribution >= 4 is 53.8 Å². The van der Waals surface area contributed by atoms with Gasteiger partial charge in [-0.3, -0.25) is 0 Å². The van der Waals surface area contributed by atoms with Gasteiger partial charge in [-0.05, 0) is 39.9 Å². The fourth-order valence-corrected chi connectivity index (χ4v) is 5.40. The zero-order chi connectivity index (χ0) is 14.2. The maximum atomic E-state index is 12.4. The van der Waals surface area contributed by atoms with Gasteiger partial charge in [-0.15, -0.1) is 11.3 Å². The first-order valence-corrected chi connectivity index (χ1v) is 9.16. The Labute approximate surface area is 128 Å². The van der Waals surface area contributed by atoms with Crippen molar-refractivity contribution < 1.29 is 8.42 Å². The molecule has 5 nitrogen and oxygen atoms in total. The first-order valence-electron chi connectivity index (χ1n) is 5.23. The maximum Gasteiger partial charge on any atom is 0.254 e. The molecule has 0 unspecified atom stereocenters. The highest BCUT2D eigenvalue weighted by Crippen LogP contribution is 2.29. The number of rotatable bonds is 4. The summed E-state index contributed by atoms with van der Waals surface area (Å²) in [6.45, 7) is 1.97. The summed E-state index contributed by atoms with van der Waals surface area (Å²) in [5, 5.41) is 2.19. The third kappa shape index (κ3) is 3.16. The number of nitrogens with zero attached hydrogens (tertiary/aromatic N) is 2. The second-order valence-corrected chi connectivity index (χ2v) is 9.51. The Morgan fingerprint density at radius 3 is 2.68 bits per heavy atom. The zero-order valence-corrected chi connectivity index (χ0v) is 14.3. The molecule has 0 fully saturated rings. The minimum atomic E-state index is -3.54. The number of sulfonamides is 1. The largest absolute Gasteiger partial charge is 0.375 e. The Morgan fingerprint density at radius 1 is 1.53 bits per heavy atom. The van der Waals surface area contributed by atoms with Crippen molar-refractivity contribution in [2.45, 2.75) is 17.7 Å². The fourth-order valence-electron chi connectivity index (χ4n) is 1.55. The first kappa shape index (κ1) is 14.9. The second kappa shape index (κ2) is 5.49. The summed E-state index contributed by atoms with van der Waals surface area (Å²) < 4.78 is 27.3. The van der Waals surface area contributed by atoms with E-state index in [-0.39, 0.29) is 9.34 Å². The predicted molar refractivity (Wildman–Crippen MR) is 81.9 cm³/mol. The molecule has 0 bridgehead atoms. The normalized spacial score (nSPS) is 12.2. The number of nitrogens with two attached hydrogens (primary N) is 1. The van der Waals surface area contributed by atoms with Crippen molar-refractivity contribution in [3.63, 3.8) is 0 Å². The first-order chi connectivity index (χ1) is 8.80. The van der Waals surface area contributed by atoms with Crippen LogP contribution in [0, 0.1) is 6.92 Å². The molecule has 2 N–H and O–H groups in total. The molecule has 2 aromatic rings. The Morgan fingerprint density at radius 2 is 2.21 bits per heavy atom. The van der Waals surface area contributed by atoms with Crippen LogP contribution in [0.2, 0.25) is 0 Å². The summed E-state index contributed by atoms with van der Waals surface area (Å²) in [5.41, 5.74) is 6.94. The molecular weight excluding hydrogens is 370 g/mol. The summed E-state index contributed by atoms with van der Waals surface area (Å²) >= 11 is 5.88. The Bertz CT molecular complexity index is 693. The van der Waals surface area contributed by atoms with E-state index in [1.807, 2.05) is 11.4 Å². The second-order valence-electron chi connectivity index (χ2n) is 3.95. The van der Waals surface area contributed by atoms with Gasteiger partial charge in [0.25, 0.3) is 10.0 Å². The quantitative estimate of drug-likeness (QED) is 0.882. The number of halogens is 1. The van der Waals surface area contributed by atoms with Gasteiger partial charge < -0.3 is 5.73 Å². The van der Waals surface area contributed by atoms with Gasteiger partial charge in [0.05, 0.1) is 9.48 Å². The number of hydrogen-bond acceptors (Lipinski definition) is 6. The van der Waals surface area contributed by atoms with E-state index in [0.29, 0.717) is 12.2 Å². The van der Waals surface area contributed by atoms with E-state index < -0.39 is 10.0 Å². The number of nitrogen functional groups attached to an aromatic ring is 1. The van der Waals surface area contributed by atoms with Gasteiger partial charge in [-0.1, -0.05) is 11.3 Å². The van der Waals surface area contributed by atoms with Crippen molar-refractivity contribution in [2.75, 3.05) is 12.8 Å². The van der Waals surface area contributed by atoms with Crippen LogP contribution < -0.4 is 5.73 Å². The third-order valence-corrected chi connectivity index (χ3v) is 7.37. The van der Waals surface area contributed by atoms with Crippen LogP contribution in [0.15, 0.2) is 19.4 Å². The summed E-state index contributed by atoms with van der Waals surface area (Å²) in [7, 11) is -1.99. The van der Waals surface area contributed by atoms with Crippen molar-refractivity contribution in [1.82, 2.24) is 9.29 Å². The molecule has 19 heavy (non-hydrogen) atoms.